The van der Waals surface area contributed by atoms with Crippen LogP contribution in [-0.4, -0.2) is 10.9 Å². The van der Waals surface area contributed by atoms with Gasteiger partial charge in [-0.25, -0.2) is 4.98 Å². The molecule has 0 aliphatic carbocycles. The van der Waals surface area contributed by atoms with Crippen molar-refractivity contribution in [2.45, 2.75) is 6.92 Å². The number of aryl methyl sites for hydroxylation is 1. The van der Waals surface area contributed by atoms with Gasteiger partial charge in [0.1, 0.15) is 4.88 Å². The summed E-state index contributed by atoms with van der Waals surface area (Å²) in [4.78, 5) is 16.4. The predicted molar refractivity (Wildman–Crippen MR) is 66.3 cm³/mol. The normalized spacial score (nSPS) is 10.1. The van der Waals surface area contributed by atoms with Crippen molar-refractivity contribution in [3.05, 3.63) is 45.4 Å². The van der Waals surface area contributed by atoms with Crippen molar-refractivity contribution in [2.24, 2.45) is 0 Å². The molecule has 0 aliphatic rings. The molecule has 1 aromatic carbocycles. The highest BCUT2D eigenvalue weighted by atomic mass is 35.5. The van der Waals surface area contributed by atoms with Gasteiger partial charge in [-0.1, -0.05) is 11.6 Å². The van der Waals surface area contributed by atoms with E-state index in [0.717, 1.165) is 10.7 Å². The first-order valence-corrected chi connectivity index (χ1v) is 5.84. The Bertz CT molecular complexity index is 507. The molecule has 1 heterocycles. The first kappa shape index (κ1) is 11.1. The second-order valence-corrected chi connectivity index (χ2v) is 4.88. The minimum atomic E-state index is -0.145. The van der Waals surface area contributed by atoms with Gasteiger partial charge < -0.3 is 5.32 Å². The molecule has 3 nitrogen and oxygen atoms in total. The van der Waals surface area contributed by atoms with Crippen molar-refractivity contribution in [1.29, 1.82) is 0 Å². The molecule has 16 heavy (non-hydrogen) atoms. The van der Waals surface area contributed by atoms with Crippen LogP contribution in [0.25, 0.3) is 0 Å². The lowest BCUT2D eigenvalue weighted by molar-refractivity contribution is 0.103. The molecule has 0 fully saturated rings. The number of aromatic nitrogens is 1. The Kier molecular flexibility index (Phi) is 3.22. The number of benzene rings is 1. The van der Waals surface area contributed by atoms with E-state index in [9.17, 15) is 4.79 Å². The van der Waals surface area contributed by atoms with Gasteiger partial charge in [0.25, 0.3) is 5.91 Å². The average molecular weight is 253 g/mol. The van der Waals surface area contributed by atoms with E-state index >= 15 is 0 Å². The number of hydrogen-bond acceptors (Lipinski definition) is 3. The lowest BCUT2D eigenvalue weighted by Crippen LogP contribution is -2.09. The van der Waals surface area contributed by atoms with Gasteiger partial charge in [0.2, 0.25) is 0 Å². The highest BCUT2D eigenvalue weighted by Crippen LogP contribution is 2.16. The molecular weight excluding hydrogens is 244 g/mol. The zero-order valence-corrected chi connectivity index (χ0v) is 10.1. The summed E-state index contributed by atoms with van der Waals surface area (Å²) < 4.78 is 0. The summed E-state index contributed by atoms with van der Waals surface area (Å²) in [6, 6.07) is 6.98. The van der Waals surface area contributed by atoms with Gasteiger partial charge in [-0.05, 0) is 31.2 Å². The van der Waals surface area contributed by atoms with Crippen molar-refractivity contribution in [3.8, 4) is 0 Å². The predicted octanol–water partition coefficient (Wildman–Crippen LogP) is 3.36. The number of hydrogen-bond donors (Lipinski definition) is 1. The van der Waals surface area contributed by atoms with Crippen LogP contribution in [0.1, 0.15) is 14.7 Å². The van der Waals surface area contributed by atoms with Crippen LogP contribution in [0.4, 0.5) is 5.69 Å². The van der Waals surface area contributed by atoms with Gasteiger partial charge in [-0.2, -0.15) is 0 Å². The van der Waals surface area contributed by atoms with Crippen LogP contribution >= 0.6 is 22.9 Å². The molecule has 0 saturated heterocycles. The lowest BCUT2D eigenvalue weighted by atomic mass is 10.3. The SMILES string of the molecule is Cc1ncc(C(=O)Nc2ccc(Cl)cc2)s1. The zero-order valence-electron chi connectivity index (χ0n) is 8.53. The monoisotopic (exact) mass is 252 g/mol. The molecular formula is C11H9ClN2OS. The molecule has 0 radical (unpaired) electrons. The van der Waals surface area contributed by atoms with Crippen molar-refractivity contribution < 1.29 is 4.79 Å². The van der Waals surface area contributed by atoms with Crippen molar-refractivity contribution in [3.63, 3.8) is 0 Å². The third kappa shape index (κ3) is 2.59. The van der Waals surface area contributed by atoms with Crippen LogP contribution in [-0.2, 0) is 0 Å². The molecule has 0 atom stereocenters. The molecule has 2 aromatic rings. The minimum absolute atomic E-state index is 0.145. The molecule has 0 saturated carbocycles. The highest BCUT2D eigenvalue weighted by Gasteiger charge is 2.08. The van der Waals surface area contributed by atoms with Gasteiger partial charge in [0, 0.05) is 10.7 Å². The average Bonchev–Trinajstić information content (AvgIpc) is 2.68. The first-order chi connectivity index (χ1) is 7.65. The van der Waals surface area contributed by atoms with Gasteiger partial charge in [-0.15, -0.1) is 11.3 Å². The number of halogens is 1. The lowest BCUT2D eigenvalue weighted by Gasteiger charge is -2.02. The van der Waals surface area contributed by atoms with Crippen molar-refractivity contribution >= 4 is 34.5 Å². The molecule has 0 bridgehead atoms. The standard InChI is InChI=1S/C11H9ClN2OS/c1-7-13-6-10(16-7)11(15)14-9-4-2-8(12)3-5-9/h2-6H,1H3,(H,14,15). The topological polar surface area (TPSA) is 42.0 Å². The summed E-state index contributed by atoms with van der Waals surface area (Å²) in [5.74, 6) is -0.145. The van der Waals surface area contributed by atoms with Gasteiger partial charge in [-0.3, -0.25) is 4.79 Å². The van der Waals surface area contributed by atoms with Crippen LogP contribution < -0.4 is 5.32 Å². The number of anilines is 1. The summed E-state index contributed by atoms with van der Waals surface area (Å²) in [7, 11) is 0. The number of carbonyl (C=O) groups is 1. The Morgan fingerprint density at radius 3 is 2.62 bits per heavy atom. The van der Waals surface area contributed by atoms with E-state index in [1.54, 1.807) is 30.5 Å². The zero-order chi connectivity index (χ0) is 11.5. The molecule has 5 heteroatoms. The fourth-order valence-electron chi connectivity index (χ4n) is 1.19. The van der Waals surface area contributed by atoms with Crippen LogP contribution in [0.3, 0.4) is 0 Å². The molecule has 1 aromatic heterocycles. The highest BCUT2D eigenvalue weighted by molar-refractivity contribution is 7.13. The Labute approximate surface area is 102 Å². The fraction of sp³-hybridized carbons (Fsp3) is 0.0909. The number of rotatable bonds is 2. The van der Waals surface area contributed by atoms with Gasteiger partial charge >= 0.3 is 0 Å². The quantitative estimate of drug-likeness (QED) is 0.891. The second kappa shape index (κ2) is 4.63. The molecule has 2 rings (SSSR count). The Morgan fingerprint density at radius 1 is 1.38 bits per heavy atom. The molecule has 1 amide bonds. The van der Waals surface area contributed by atoms with Crippen LogP contribution in [0, 0.1) is 6.92 Å². The van der Waals surface area contributed by atoms with Crippen LogP contribution in [0.5, 0.6) is 0 Å². The number of nitrogens with zero attached hydrogens (tertiary/aromatic N) is 1. The van der Waals surface area contributed by atoms with E-state index in [1.165, 1.54) is 11.3 Å². The maximum atomic E-state index is 11.7. The molecule has 0 aliphatic heterocycles. The fourth-order valence-corrected chi connectivity index (χ4v) is 1.99. The largest absolute Gasteiger partial charge is 0.321 e. The Morgan fingerprint density at radius 2 is 2.06 bits per heavy atom. The first-order valence-electron chi connectivity index (χ1n) is 4.64. The van der Waals surface area contributed by atoms with Crippen LogP contribution in [0.15, 0.2) is 30.5 Å². The van der Waals surface area contributed by atoms with Crippen molar-refractivity contribution in [1.82, 2.24) is 4.98 Å². The summed E-state index contributed by atoms with van der Waals surface area (Å²) >= 11 is 7.12. The summed E-state index contributed by atoms with van der Waals surface area (Å²) in [6.07, 6.45) is 1.57. The summed E-state index contributed by atoms with van der Waals surface area (Å²) in [5.41, 5.74) is 0.723. The number of nitrogens with one attached hydrogen (secondary N) is 1. The summed E-state index contributed by atoms with van der Waals surface area (Å²) in [6.45, 7) is 1.86. The summed E-state index contributed by atoms with van der Waals surface area (Å²) in [5, 5.41) is 4.29. The second-order valence-electron chi connectivity index (χ2n) is 3.20. The smallest absolute Gasteiger partial charge is 0.267 e. The molecule has 82 valence electrons. The third-order valence-corrected chi connectivity index (χ3v) is 3.11. The molecule has 0 spiro atoms. The molecule has 0 unspecified atom stereocenters. The van der Waals surface area contributed by atoms with E-state index < -0.39 is 0 Å². The van der Waals surface area contributed by atoms with E-state index in [-0.39, 0.29) is 5.91 Å². The van der Waals surface area contributed by atoms with E-state index in [0.29, 0.717) is 9.90 Å². The maximum absolute atomic E-state index is 11.7. The Balaban J connectivity index is 2.10. The maximum Gasteiger partial charge on any atom is 0.267 e. The number of amides is 1. The van der Waals surface area contributed by atoms with E-state index in [4.69, 9.17) is 11.6 Å². The van der Waals surface area contributed by atoms with E-state index in [1.807, 2.05) is 6.92 Å². The van der Waals surface area contributed by atoms with Gasteiger partial charge in [0.05, 0.1) is 11.2 Å². The molecule has 1 N–H and O–H groups in total. The van der Waals surface area contributed by atoms with Crippen LogP contribution in [0.2, 0.25) is 5.02 Å². The van der Waals surface area contributed by atoms with Gasteiger partial charge in [0.15, 0.2) is 0 Å². The third-order valence-electron chi connectivity index (χ3n) is 1.95. The Hall–Kier alpha value is -1.39. The number of thiazole rings is 1. The van der Waals surface area contributed by atoms with Crippen molar-refractivity contribution in [2.75, 3.05) is 5.32 Å². The van der Waals surface area contributed by atoms with E-state index in [2.05, 4.69) is 10.3 Å². The number of carbonyl (C=O) groups excluding carboxylic acids is 1. The minimum Gasteiger partial charge on any atom is -0.321 e.